The molecule has 1 N–H and O–H groups in total. The van der Waals surface area contributed by atoms with Crippen molar-refractivity contribution in [2.75, 3.05) is 0 Å². The van der Waals surface area contributed by atoms with Crippen LogP contribution in [0.2, 0.25) is 0 Å². The van der Waals surface area contributed by atoms with E-state index >= 15 is 0 Å². The first-order valence-corrected chi connectivity index (χ1v) is 6.51. The quantitative estimate of drug-likeness (QED) is 0.946. The van der Waals surface area contributed by atoms with Gasteiger partial charge in [-0.15, -0.1) is 11.3 Å². The molecular formula is C11H8BrFN2OS. The molecule has 0 radical (unpaired) electrons. The number of carbonyl (C=O) groups is 1. The Morgan fingerprint density at radius 1 is 1.53 bits per heavy atom. The number of nitrogens with zero attached hydrogens (tertiary/aromatic N) is 1. The van der Waals surface area contributed by atoms with E-state index in [4.69, 9.17) is 0 Å². The van der Waals surface area contributed by atoms with Crippen LogP contribution in [0.3, 0.4) is 0 Å². The number of amides is 1. The SMILES string of the molecule is O=C(NCc1cscn1)c1c(F)cccc1Br. The Hall–Kier alpha value is -1.27. The molecule has 2 rings (SSSR count). The third-order valence-corrected chi connectivity index (χ3v) is 3.40. The van der Waals surface area contributed by atoms with Crippen LogP contribution < -0.4 is 5.32 Å². The first kappa shape index (κ1) is 12.2. The zero-order valence-corrected chi connectivity index (χ0v) is 11.0. The number of thiazole rings is 1. The van der Waals surface area contributed by atoms with Gasteiger partial charge in [-0.1, -0.05) is 6.07 Å². The van der Waals surface area contributed by atoms with E-state index in [-0.39, 0.29) is 5.56 Å². The van der Waals surface area contributed by atoms with Gasteiger partial charge < -0.3 is 5.32 Å². The predicted octanol–water partition coefficient (Wildman–Crippen LogP) is 2.97. The fourth-order valence-corrected chi connectivity index (χ4v) is 2.38. The van der Waals surface area contributed by atoms with Gasteiger partial charge >= 0.3 is 0 Å². The standard InChI is InChI=1S/C11H8BrFN2OS/c12-8-2-1-3-9(13)10(8)11(16)14-4-7-5-17-6-15-7/h1-3,5-6H,4H2,(H,14,16). The lowest BCUT2D eigenvalue weighted by Gasteiger charge is -2.06. The maximum atomic E-state index is 13.5. The molecule has 1 aromatic heterocycles. The van der Waals surface area contributed by atoms with Gasteiger partial charge in [-0.25, -0.2) is 9.37 Å². The number of halogens is 2. The van der Waals surface area contributed by atoms with Crippen molar-refractivity contribution in [1.29, 1.82) is 0 Å². The Labute approximate surface area is 110 Å². The maximum absolute atomic E-state index is 13.5. The third-order valence-electron chi connectivity index (χ3n) is 2.10. The molecule has 0 saturated carbocycles. The number of carbonyl (C=O) groups excluding carboxylic acids is 1. The number of aromatic nitrogens is 1. The first-order chi connectivity index (χ1) is 8.18. The van der Waals surface area contributed by atoms with Gasteiger partial charge in [-0.3, -0.25) is 4.79 Å². The highest BCUT2D eigenvalue weighted by Gasteiger charge is 2.14. The van der Waals surface area contributed by atoms with Gasteiger partial charge in [0.25, 0.3) is 5.91 Å². The summed E-state index contributed by atoms with van der Waals surface area (Å²) in [6.07, 6.45) is 0. The largest absolute Gasteiger partial charge is 0.346 e. The van der Waals surface area contributed by atoms with Crippen LogP contribution in [0, 0.1) is 5.82 Å². The molecule has 1 amide bonds. The first-order valence-electron chi connectivity index (χ1n) is 4.78. The zero-order chi connectivity index (χ0) is 12.3. The zero-order valence-electron chi connectivity index (χ0n) is 8.61. The molecular weight excluding hydrogens is 307 g/mol. The predicted molar refractivity (Wildman–Crippen MR) is 67.4 cm³/mol. The van der Waals surface area contributed by atoms with Crippen LogP contribution in [0.1, 0.15) is 16.1 Å². The Morgan fingerprint density at radius 3 is 3.00 bits per heavy atom. The number of nitrogens with one attached hydrogen (secondary N) is 1. The second-order valence-electron chi connectivity index (χ2n) is 3.26. The summed E-state index contributed by atoms with van der Waals surface area (Å²) >= 11 is 4.60. The molecule has 0 aliphatic carbocycles. The maximum Gasteiger partial charge on any atom is 0.255 e. The van der Waals surface area contributed by atoms with Crippen molar-refractivity contribution in [3.8, 4) is 0 Å². The lowest BCUT2D eigenvalue weighted by molar-refractivity contribution is 0.0945. The fraction of sp³-hybridized carbons (Fsp3) is 0.0909. The molecule has 6 heteroatoms. The molecule has 1 aromatic carbocycles. The van der Waals surface area contributed by atoms with Gasteiger partial charge in [-0.05, 0) is 28.1 Å². The number of hydrogen-bond donors (Lipinski definition) is 1. The van der Waals surface area contributed by atoms with E-state index < -0.39 is 11.7 Å². The minimum Gasteiger partial charge on any atom is -0.346 e. The van der Waals surface area contributed by atoms with E-state index in [1.807, 2.05) is 5.38 Å². The molecule has 0 aliphatic heterocycles. The Kier molecular flexibility index (Phi) is 3.86. The number of rotatable bonds is 3. The van der Waals surface area contributed by atoms with Crippen LogP contribution in [0.4, 0.5) is 4.39 Å². The van der Waals surface area contributed by atoms with Crippen LogP contribution in [0.25, 0.3) is 0 Å². The number of hydrogen-bond acceptors (Lipinski definition) is 3. The summed E-state index contributed by atoms with van der Waals surface area (Å²) in [4.78, 5) is 15.8. The van der Waals surface area contributed by atoms with Gasteiger partial charge in [0, 0.05) is 9.85 Å². The fourth-order valence-electron chi connectivity index (χ4n) is 1.30. The van der Waals surface area contributed by atoms with Crippen molar-refractivity contribution in [3.05, 3.63) is 50.6 Å². The monoisotopic (exact) mass is 314 g/mol. The summed E-state index contributed by atoms with van der Waals surface area (Å²) in [5, 5.41) is 4.45. The van der Waals surface area contributed by atoms with Gasteiger partial charge in [0.15, 0.2) is 0 Å². The van der Waals surface area contributed by atoms with E-state index in [1.54, 1.807) is 11.6 Å². The van der Waals surface area contributed by atoms with Crippen LogP contribution >= 0.6 is 27.3 Å². The molecule has 0 atom stereocenters. The Morgan fingerprint density at radius 2 is 2.35 bits per heavy atom. The lowest BCUT2D eigenvalue weighted by atomic mass is 10.2. The molecule has 0 spiro atoms. The van der Waals surface area contributed by atoms with E-state index in [0.717, 1.165) is 5.69 Å². The third kappa shape index (κ3) is 2.89. The summed E-state index contributed by atoms with van der Waals surface area (Å²) in [5.74, 6) is -1.00. The topological polar surface area (TPSA) is 42.0 Å². The highest BCUT2D eigenvalue weighted by molar-refractivity contribution is 9.10. The summed E-state index contributed by atoms with van der Waals surface area (Å²) in [7, 11) is 0. The summed E-state index contributed by atoms with van der Waals surface area (Å²) in [5.41, 5.74) is 2.46. The van der Waals surface area contributed by atoms with E-state index in [1.165, 1.54) is 23.5 Å². The van der Waals surface area contributed by atoms with Gasteiger partial charge in [-0.2, -0.15) is 0 Å². The summed E-state index contributed by atoms with van der Waals surface area (Å²) in [6, 6.07) is 4.42. The molecule has 17 heavy (non-hydrogen) atoms. The van der Waals surface area contributed by atoms with Crippen molar-refractivity contribution in [3.63, 3.8) is 0 Å². The van der Waals surface area contributed by atoms with Crippen molar-refractivity contribution in [1.82, 2.24) is 10.3 Å². The molecule has 2 aromatic rings. The van der Waals surface area contributed by atoms with Crippen LogP contribution in [-0.2, 0) is 6.54 Å². The second-order valence-corrected chi connectivity index (χ2v) is 4.83. The van der Waals surface area contributed by atoms with Gasteiger partial charge in [0.2, 0.25) is 0 Å². The van der Waals surface area contributed by atoms with Gasteiger partial charge in [0.05, 0.1) is 23.3 Å². The minimum absolute atomic E-state index is 0.0164. The molecule has 0 aliphatic rings. The molecule has 0 bridgehead atoms. The molecule has 88 valence electrons. The van der Waals surface area contributed by atoms with Crippen molar-refractivity contribution >= 4 is 33.2 Å². The molecule has 0 saturated heterocycles. The van der Waals surface area contributed by atoms with Crippen molar-refractivity contribution in [2.45, 2.75) is 6.54 Å². The van der Waals surface area contributed by atoms with Crippen molar-refractivity contribution in [2.24, 2.45) is 0 Å². The minimum atomic E-state index is -0.546. The summed E-state index contributed by atoms with van der Waals surface area (Å²) in [6.45, 7) is 0.295. The van der Waals surface area contributed by atoms with Gasteiger partial charge in [0.1, 0.15) is 5.82 Å². The highest BCUT2D eigenvalue weighted by atomic mass is 79.9. The smallest absolute Gasteiger partial charge is 0.255 e. The normalized spacial score (nSPS) is 10.2. The molecule has 0 fully saturated rings. The van der Waals surface area contributed by atoms with Crippen molar-refractivity contribution < 1.29 is 9.18 Å². The molecule has 3 nitrogen and oxygen atoms in total. The average Bonchev–Trinajstić information content (AvgIpc) is 2.79. The van der Waals surface area contributed by atoms with E-state index in [2.05, 4.69) is 26.2 Å². The average molecular weight is 315 g/mol. The van der Waals surface area contributed by atoms with E-state index in [0.29, 0.717) is 11.0 Å². The number of benzene rings is 1. The lowest BCUT2D eigenvalue weighted by Crippen LogP contribution is -2.24. The molecule has 0 unspecified atom stereocenters. The van der Waals surface area contributed by atoms with Crippen LogP contribution in [-0.4, -0.2) is 10.9 Å². The van der Waals surface area contributed by atoms with E-state index in [9.17, 15) is 9.18 Å². The molecule has 1 heterocycles. The second kappa shape index (κ2) is 5.37. The highest BCUT2D eigenvalue weighted by Crippen LogP contribution is 2.19. The Bertz CT molecular complexity index is 510. The van der Waals surface area contributed by atoms with Crippen LogP contribution in [0.5, 0.6) is 0 Å². The van der Waals surface area contributed by atoms with Crippen LogP contribution in [0.15, 0.2) is 33.6 Å². The summed E-state index contributed by atoms with van der Waals surface area (Å²) < 4.78 is 13.9. The Balaban J connectivity index is 2.10.